The Morgan fingerprint density at radius 3 is 2.74 bits per heavy atom. The first-order valence-electron chi connectivity index (χ1n) is 9.82. The molecule has 2 heterocycles. The van der Waals surface area contributed by atoms with Crippen LogP contribution in [0.2, 0.25) is 0 Å². The number of aromatic nitrogens is 1. The minimum Gasteiger partial charge on any atom is -0.450 e. The lowest BCUT2D eigenvalue weighted by molar-refractivity contribution is 0.0900. The molecule has 1 aromatic carbocycles. The predicted octanol–water partition coefficient (Wildman–Crippen LogP) is 4.87. The van der Waals surface area contributed by atoms with Crippen LogP contribution in [0.4, 0.5) is 4.79 Å². The Labute approximate surface area is 160 Å². The van der Waals surface area contributed by atoms with E-state index in [1.807, 2.05) is 24.1 Å². The number of hydrogen-bond acceptors (Lipinski definition) is 3. The van der Waals surface area contributed by atoms with Gasteiger partial charge in [-0.1, -0.05) is 42.0 Å². The van der Waals surface area contributed by atoms with E-state index in [4.69, 9.17) is 9.72 Å². The quantitative estimate of drug-likeness (QED) is 0.765. The zero-order valence-corrected chi connectivity index (χ0v) is 16.0. The van der Waals surface area contributed by atoms with E-state index in [0.717, 1.165) is 31.6 Å². The van der Waals surface area contributed by atoms with E-state index < -0.39 is 0 Å². The van der Waals surface area contributed by atoms with E-state index in [9.17, 15) is 4.79 Å². The van der Waals surface area contributed by atoms with Crippen LogP contribution in [-0.4, -0.2) is 35.7 Å². The van der Waals surface area contributed by atoms with Crippen LogP contribution in [0.3, 0.4) is 0 Å². The van der Waals surface area contributed by atoms with E-state index in [-0.39, 0.29) is 12.0 Å². The number of nitrogens with zero attached hydrogens (tertiary/aromatic N) is 2. The second-order valence-corrected chi connectivity index (χ2v) is 7.44. The van der Waals surface area contributed by atoms with Gasteiger partial charge in [0, 0.05) is 25.2 Å². The molecule has 27 heavy (non-hydrogen) atoms. The summed E-state index contributed by atoms with van der Waals surface area (Å²) >= 11 is 0. The number of rotatable bonds is 2. The van der Waals surface area contributed by atoms with Crippen molar-refractivity contribution in [1.82, 2.24) is 9.88 Å². The minimum absolute atomic E-state index is 0.187. The topological polar surface area (TPSA) is 42.4 Å². The molecule has 0 radical (unpaired) electrons. The molecular weight excluding hydrogens is 336 g/mol. The third-order valence-corrected chi connectivity index (χ3v) is 5.72. The lowest BCUT2D eigenvalue weighted by Crippen LogP contribution is -2.40. The number of carbonyl (C=O) groups excluding carboxylic acids is 1. The molecule has 1 aliphatic carbocycles. The molecule has 4 heteroatoms. The average molecular weight is 362 g/mol. The molecule has 0 spiro atoms. The Hall–Kier alpha value is -2.62. The summed E-state index contributed by atoms with van der Waals surface area (Å²) in [6, 6.07) is 10.9. The monoisotopic (exact) mass is 362 g/mol. The summed E-state index contributed by atoms with van der Waals surface area (Å²) in [6.07, 6.45) is 8.05. The number of pyridine rings is 1. The summed E-state index contributed by atoms with van der Waals surface area (Å²) in [5.41, 5.74) is 6.26. The van der Waals surface area contributed by atoms with Gasteiger partial charge < -0.3 is 9.64 Å². The average Bonchev–Trinajstić information content (AvgIpc) is 2.85. The number of aryl methyl sites for hydroxylation is 1. The summed E-state index contributed by atoms with van der Waals surface area (Å²) in [6.45, 7) is 5.91. The Kier molecular flexibility index (Phi) is 4.97. The fourth-order valence-corrected chi connectivity index (χ4v) is 4.39. The van der Waals surface area contributed by atoms with Crippen LogP contribution in [-0.2, 0) is 4.74 Å². The lowest BCUT2D eigenvalue weighted by atomic mass is 9.76. The maximum atomic E-state index is 12.1. The zero-order valence-electron chi connectivity index (χ0n) is 16.0. The van der Waals surface area contributed by atoms with Gasteiger partial charge in [0.25, 0.3) is 0 Å². The first-order valence-corrected chi connectivity index (χ1v) is 9.82. The molecule has 1 saturated heterocycles. The van der Waals surface area contributed by atoms with Crippen molar-refractivity contribution in [3.63, 3.8) is 0 Å². The van der Waals surface area contributed by atoms with Crippen molar-refractivity contribution in [2.75, 3.05) is 19.7 Å². The standard InChI is InChI=1S/C23H26N2O2/c1-3-27-23(26)25-13-10-17(11-14-25)21-20-9-6-16(2)15-19(20)8-7-18-5-4-12-24-22(18)21/h4-9,12,15,17,21H,3,10-11,13-14H2,1-2H3. The van der Waals surface area contributed by atoms with Crippen LogP contribution in [0.25, 0.3) is 12.2 Å². The normalized spacial score (nSPS) is 19.2. The van der Waals surface area contributed by atoms with E-state index >= 15 is 0 Å². The SMILES string of the molecule is CCOC(=O)N1CCC(C2c3ccc(C)cc3C=Cc3cccnc32)CC1. The van der Waals surface area contributed by atoms with Crippen LogP contribution in [0, 0.1) is 12.8 Å². The van der Waals surface area contributed by atoms with Crippen molar-refractivity contribution in [3.05, 3.63) is 64.5 Å². The highest BCUT2D eigenvalue weighted by Crippen LogP contribution is 2.42. The second kappa shape index (κ2) is 7.55. The molecule has 140 valence electrons. The molecule has 1 fully saturated rings. The molecule has 0 N–H and O–H groups in total. The summed E-state index contributed by atoms with van der Waals surface area (Å²) in [7, 11) is 0. The molecule has 0 saturated carbocycles. The van der Waals surface area contributed by atoms with Gasteiger partial charge in [0.1, 0.15) is 0 Å². The number of amides is 1. The highest BCUT2D eigenvalue weighted by molar-refractivity contribution is 5.76. The van der Waals surface area contributed by atoms with E-state index in [1.165, 1.54) is 22.3 Å². The smallest absolute Gasteiger partial charge is 0.409 e. The molecule has 1 atom stereocenters. The summed E-state index contributed by atoms with van der Waals surface area (Å²) in [4.78, 5) is 18.7. The molecule has 4 nitrogen and oxygen atoms in total. The summed E-state index contributed by atoms with van der Waals surface area (Å²) in [5.74, 6) is 0.724. The predicted molar refractivity (Wildman–Crippen MR) is 108 cm³/mol. The van der Waals surface area contributed by atoms with Gasteiger partial charge in [0.05, 0.1) is 12.3 Å². The van der Waals surface area contributed by atoms with Crippen LogP contribution in [0.15, 0.2) is 36.5 Å². The zero-order chi connectivity index (χ0) is 18.8. The molecule has 0 bridgehead atoms. The minimum atomic E-state index is -0.187. The number of ether oxygens (including phenoxy) is 1. The largest absolute Gasteiger partial charge is 0.450 e. The molecule has 2 aliphatic rings. The number of piperidine rings is 1. The molecular formula is C23H26N2O2. The number of carbonyl (C=O) groups is 1. The van der Waals surface area contributed by atoms with Crippen LogP contribution >= 0.6 is 0 Å². The van der Waals surface area contributed by atoms with E-state index in [0.29, 0.717) is 12.5 Å². The molecule has 1 unspecified atom stereocenters. The third kappa shape index (κ3) is 3.48. The van der Waals surface area contributed by atoms with Gasteiger partial charge in [0.2, 0.25) is 0 Å². The Balaban J connectivity index is 1.66. The van der Waals surface area contributed by atoms with Crippen molar-refractivity contribution in [2.45, 2.75) is 32.6 Å². The Morgan fingerprint density at radius 2 is 1.96 bits per heavy atom. The molecule has 1 amide bonds. The van der Waals surface area contributed by atoms with Gasteiger partial charge in [-0.05, 0) is 55.4 Å². The lowest BCUT2D eigenvalue weighted by Gasteiger charge is -2.36. The third-order valence-electron chi connectivity index (χ3n) is 5.72. The molecule has 2 aromatic rings. The van der Waals surface area contributed by atoms with Crippen molar-refractivity contribution < 1.29 is 9.53 Å². The number of hydrogen-bond donors (Lipinski definition) is 0. The van der Waals surface area contributed by atoms with Crippen molar-refractivity contribution in [1.29, 1.82) is 0 Å². The number of benzene rings is 1. The molecule has 1 aromatic heterocycles. The molecule has 4 rings (SSSR count). The van der Waals surface area contributed by atoms with Gasteiger partial charge in [-0.3, -0.25) is 4.98 Å². The Morgan fingerprint density at radius 1 is 1.19 bits per heavy atom. The fraction of sp³-hybridized carbons (Fsp3) is 0.391. The maximum absolute atomic E-state index is 12.1. The fourth-order valence-electron chi connectivity index (χ4n) is 4.39. The number of fused-ring (bicyclic) bond motifs is 2. The van der Waals surface area contributed by atoms with E-state index in [2.05, 4.69) is 43.3 Å². The van der Waals surface area contributed by atoms with Gasteiger partial charge >= 0.3 is 6.09 Å². The van der Waals surface area contributed by atoms with Gasteiger partial charge in [0.15, 0.2) is 0 Å². The highest BCUT2D eigenvalue weighted by atomic mass is 16.6. The summed E-state index contributed by atoms with van der Waals surface area (Å²) in [5, 5.41) is 0. The van der Waals surface area contributed by atoms with Crippen molar-refractivity contribution >= 4 is 18.2 Å². The maximum Gasteiger partial charge on any atom is 0.409 e. The van der Waals surface area contributed by atoms with Crippen LogP contribution in [0.5, 0.6) is 0 Å². The van der Waals surface area contributed by atoms with E-state index in [1.54, 1.807) is 0 Å². The van der Waals surface area contributed by atoms with Gasteiger partial charge in [-0.2, -0.15) is 0 Å². The van der Waals surface area contributed by atoms with Crippen LogP contribution < -0.4 is 0 Å². The van der Waals surface area contributed by atoms with Gasteiger partial charge in [-0.15, -0.1) is 0 Å². The first kappa shape index (κ1) is 17.8. The van der Waals surface area contributed by atoms with Crippen molar-refractivity contribution in [2.24, 2.45) is 5.92 Å². The summed E-state index contributed by atoms with van der Waals surface area (Å²) < 4.78 is 5.17. The second-order valence-electron chi connectivity index (χ2n) is 7.44. The first-order chi connectivity index (χ1) is 13.2. The van der Waals surface area contributed by atoms with Crippen LogP contribution in [0.1, 0.15) is 53.6 Å². The Bertz CT molecular complexity index is 866. The van der Waals surface area contributed by atoms with Crippen molar-refractivity contribution in [3.8, 4) is 0 Å². The molecule has 1 aliphatic heterocycles. The number of likely N-dealkylation sites (tertiary alicyclic amines) is 1. The highest BCUT2D eigenvalue weighted by Gasteiger charge is 2.34. The van der Waals surface area contributed by atoms with Gasteiger partial charge in [-0.25, -0.2) is 4.79 Å².